The van der Waals surface area contributed by atoms with E-state index >= 15 is 0 Å². The van der Waals surface area contributed by atoms with Crippen molar-refractivity contribution in [1.82, 2.24) is 9.88 Å². The van der Waals surface area contributed by atoms with Gasteiger partial charge in [-0.25, -0.2) is 4.79 Å². The number of hydrogen-bond donors (Lipinski definition) is 1. The Morgan fingerprint density at radius 2 is 1.97 bits per heavy atom. The number of halogens is 3. The molecule has 2 fully saturated rings. The first-order chi connectivity index (χ1) is 14.6. The fraction of sp³-hybridized carbons (Fsp3) is 0.476. The maximum atomic E-state index is 12.9. The number of aromatic nitrogens is 1. The molecule has 0 aliphatic carbocycles. The van der Waals surface area contributed by atoms with E-state index in [2.05, 4.69) is 4.98 Å². The molecule has 2 aliphatic heterocycles. The Kier molecular flexibility index (Phi) is 6.80. The molecule has 0 radical (unpaired) electrons. The fourth-order valence-electron chi connectivity index (χ4n) is 3.83. The van der Waals surface area contributed by atoms with Crippen LogP contribution in [0.1, 0.15) is 30.1 Å². The van der Waals surface area contributed by atoms with E-state index in [4.69, 9.17) is 19.4 Å². The summed E-state index contributed by atoms with van der Waals surface area (Å²) in [6, 6.07) is 9.57. The highest BCUT2D eigenvalue weighted by atomic mass is 19.4. The summed E-state index contributed by atoms with van der Waals surface area (Å²) in [4.78, 5) is 28.0. The lowest BCUT2D eigenvalue weighted by atomic mass is 9.84. The lowest BCUT2D eigenvalue weighted by Crippen LogP contribution is -2.67. The first-order valence-electron chi connectivity index (χ1n) is 9.84. The van der Waals surface area contributed by atoms with E-state index in [1.165, 1.54) is 0 Å². The minimum absolute atomic E-state index is 0.0568. The van der Waals surface area contributed by atoms with Gasteiger partial charge in [0.2, 0.25) is 0 Å². The largest absolute Gasteiger partial charge is 0.490 e. The third-order valence-corrected chi connectivity index (χ3v) is 5.22. The van der Waals surface area contributed by atoms with Crippen molar-refractivity contribution in [2.75, 3.05) is 26.3 Å². The Bertz CT molecular complexity index is 937. The molecule has 0 saturated carbocycles. The molecule has 1 amide bonds. The third kappa shape index (κ3) is 5.31. The van der Waals surface area contributed by atoms with Gasteiger partial charge in [0.1, 0.15) is 5.60 Å². The van der Waals surface area contributed by atoms with Crippen LogP contribution in [0.15, 0.2) is 36.5 Å². The molecule has 2 aromatic rings. The summed E-state index contributed by atoms with van der Waals surface area (Å²) in [5.41, 5.74) is 1.35. The van der Waals surface area contributed by atoms with Gasteiger partial charge in [-0.15, -0.1) is 0 Å². The zero-order chi connectivity index (χ0) is 22.6. The standard InChI is InChI=1S/C19H22N2O3.C2HF3O2/c1-2-23-14-8-10-24-19(11-14)12-21(13-19)18(22)16-7-9-20-17-6-4-3-5-15(16)17;3-2(4,5)1(6)7/h3-7,9,14H,2,8,10-13H2,1H3;(H,6,7). The van der Waals surface area contributed by atoms with Crippen molar-refractivity contribution in [2.24, 2.45) is 0 Å². The van der Waals surface area contributed by atoms with E-state index in [1.807, 2.05) is 36.1 Å². The van der Waals surface area contributed by atoms with E-state index in [-0.39, 0.29) is 17.6 Å². The highest BCUT2D eigenvalue weighted by Gasteiger charge is 2.49. The topological polar surface area (TPSA) is 89.0 Å². The summed E-state index contributed by atoms with van der Waals surface area (Å²) in [5.74, 6) is -2.70. The Hall–Kier alpha value is -2.72. The lowest BCUT2D eigenvalue weighted by Gasteiger charge is -2.53. The van der Waals surface area contributed by atoms with Crippen molar-refractivity contribution in [3.63, 3.8) is 0 Å². The maximum Gasteiger partial charge on any atom is 0.490 e. The van der Waals surface area contributed by atoms with Crippen molar-refractivity contribution in [3.8, 4) is 0 Å². The van der Waals surface area contributed by atoms with Crippen LogP contribution in [0.3, 0.4) is 0 Å². The van der Waals surface area contributed by atoms with Crippen LogP contribution in [0, 0.1) is 0 Å². The molecule has 168 valence electrons. The fourth-order valence-corrected chi connectivity index (χ4v) is 3.83. The molecule has 4 rings (SSSR count). The number of alkyl halides is 3. The van der Waals surface area contributed by atoms with Crippen LogP contribution < -0.4 is 0 Å². The summed E-state index contributed by atoms with van der Waals surface area (Å²) >= 11 is 0. The molecule has 10 heteroatoms. The zero-order valence-electron chi connectivity index (χ0n) is 16.9. The number of benzene rings is 1. The molecule has 3 heterocycles. The molecule has 31 heavy (non-hydrogen) atoms. The Balaban J connectivity index is 0.000000339. The van der Waals surface area contributed by atoms with Gasteiger partial charge in [-0.2, -0.15) is 13.2 Å². The van der Waals surface area contributed by atoms with Gasteiger partial charge in [0, 0.05) is 31.2 Å². The van der Waals surface area contributed by atoms with Crippen molar-refractivity contribution < 1.29 is 37.3 Å². The minimum atomic E-state index is -5.08. The number of carboxylic acid groups (broad SMARTS) is 1. The van der Waals surface area contributed by atoms with Crippen LogP contribution >= 0.6 is 0 Å². The number of amides is 1. The Morgan fingerprint density at radius 1 is 1.29 bits per heavy atom. The number of para-hydroxylation sites is 1. The highest BCUT2D eigenvalue weighted by Crippen LogP contribution is 2.36. The van der Waals surface area contributed by atoms with Gasteiger partial charge in [0.25, 0.3) is 5.91 Å². The number of ether oxygens (including phenoxy) is 2. The predicted molar refractivity (Wildman–Crippen MR) is 105 cm³/mol. The summed E-state index contributed by atoms with van der Waals surface area (Å²) in [5, 5.41) is 8.03. The minimum Gasteiger partial charge on any atom is -0.475 e. The molecule has 7 nitrogen and oxygen atoms in total. The molecular formula is C21H23F3N2O5. The molecule has 1 N–H and O–H groups in total. The molecule has 1 aromatic heterocycles. The number of aliphatic carboxylic acids is 1. The van der Waals surface area contributed by atoms with Gasteiger partial charge >= 0.3 is 12.1 Å². The summed E-state index contributed by atoms with van der Waals surface area (Å²) in [6.07, 6.45) is -1.31. The number of fused-ring (bicyclic) bond motifs is 1. The quantitative estimate of drug-likeness (QED) is 0.788. The van der Waals surface area contributed by atoms with E-state index in [9.17, 15) is 18.0 Å². The smallest absolute Gasteiger partial charge is 0.475 e. The number of hydrogen-bond acceptors (Lipinski definition) is 5. The zero-order valence-corrected chi connectivity index (χ0v) is 16.9. The first-order valence-corrected chi connectivity index (χ1v) is 9.84. The number of carboxylic acids is 1. The van der Waals surface area contributed by atoms with Crippen molar-refractivity contribution in [1.29, 1.82) is 0 Å². The summed E-state index contributed by atoms with van der Waals surface area (Å²) < 4.78 is 43.5. The summed E-state index contributed by atoms with van der Waals surface area (Å²) in [7, 11) is 0. The predicted octanol–water partition coefficient (Wildman–Crippen LogP) is 3.28. The van der Waals surface area contributed by atoms with Crippen LogP contribution in [0.5, 0.6) is 0 Å². The first kappa shape index (κ1) is 23.0. The van der Waals surface area contributed by atoms with E-state index in [0.717, 1.165) is 30.4 Å². The average Bonchev–Trinajstić information content (AvgIpc) is 2.71. The van der Waals surface area contributed by atoms with Crippen molar-refractivity contribution in [3.05, 3.63) is 42.1 Å². The molecule has 0 bridgehead atoms. The van der Waals surface area contributed by atoms with Gasteiger partial charge in [0.05, 0.1) is 30.3 Å². The van der Waals surface area contributed by atoms with Crippen LogP contribution in [0.2, 0.25) is 0 Å². The SMILES string of the molecule is CCOC1CCOC2(C1)CN(C(=O)c1ccnc3ccccc13)C2.O=C(O)C(F)(F)F. The van der Waals surface area contributed by atoms with Crippen LogP contribution in [0.25, 0.3) is 10.9 Å². The van der Waals surface area contributed by atoms with E-state index in [1.54, 1.807) is 12.3 Å². The van der Waals surface area contributed by atoms with E-state index < -0.39 is 12.1 Å². The van der Waals surface area contributed by atoms with Gasteiger partial charge in [-0.3, -0.25) is 9.78 Å². The van der Waals surface area contributed by atoms with Crippen LogP contribution in [0.4, 0.5) is 13.2 Å². The second-order valence-corrected chi connectivity index (χ2v) is 7.44. The summed E-state index contributed by atoms with van der Waals surface area (Å²) in [6.45, 7) is 4.75. The number of carbonyl (C=O) groups is 2. The molecular weight excluding hydrogens is 417 g/mol. The normalized spacial score (nSPS) is 20.0. The van der Waals surface area contributed by atoms with Crippen molar-refractivity contribution in [2.45, 2.75) is 37.6 Å². The Labute approximate surface area is 176 Å². The molecule has 2 saturated heterocycles. The molecule has 1 atom stereocenters. The number of nitrogens with zero attached hydrogens (tertiary/aromatic N) is 2. The molecule has 2 aliphatic rings. The highest BCUT2D eigenvalue weighted by molar-refractivity contribution is 6.06. The number of likely N-dealkylation sites (tertiary alicyclic amines) is 1. The monoisotopic (exact) mass is 440 g/mol. The molecule has 1 unspecified atom stereocenters. The number of rotatable bonds is 3. The molecule has 1 spiro atoms. The molecule has 1 aromatic carbocycles. The maximum absolute atomic E-state index is 12.9. The van der Waals surface area contributed by atoms with E-state index in [0.29, 0.717) is 25.3 Å². The average molecular weight is 440 g/mol. The third-order valence-electron chi connectivity index (χ3n) is 5.22. The van der Waals surface area contributed by atoms with Gasteiger partial charge < -0.3 is 19.5 Å². The second kappa shape index (κ2) is 9.19. The van der Waals surface area contributed by atoms with Gasteiger partial charge in [-0.1, -0.05) is 18.2 Å². The van der Waals surface area contributed by atoms with Crippen molar-refractivity contribution >= 4 is 22.8 Å². The van der Waals surface area contributed by atoms with Crippen LogP contribution in [-0.2, 0) is 14.3 Å². The Morgan fingerprint density at radius 3 is 2.61 bits per heavy atom. The van der Waals surface area contributed by atoms with Crippen LogP contribution in [-0.4, -0.2) is 71.1 Å². The second-order valence-electron chi connectivity index (χ2n) is 7.44. The number of pyridine rings is 1. The number of carbonyl (C=O) groups excluding carboxylic acids is 1. The lowest BCUT2D eigenvalue weighted by molar-refractivity contribution is -0.192. The van der Waals surface area contributed by atoms with Gasteiger partial charge in [-0.05, 0) is 25.5 Å². The van der Waals surface area contributed by atoms with Gasteiger partial charge in [0.15, 0.2) is 0 Å².